The fourth-order valence-corrected chi connectivity index (χ4v) is 4.59. The number of rotatable bonds is 11. The molecular weight excluding hydrogens is 503 g/mol. The number of benzene rings is 3. The van der Waals surface area contributed by atoms with Crippen LogP contribution in [0.2, 0.25) is 0 Å². The molecule has 0 amide bonds. The van der Waals surface area contributed by atoms with Crippen molar-refractivity contribution in [1.82, 2.24) is 5.32 Å². The zero-order valence-corrected chi connectivity index (χ0v) is 20.7. The van der Waals surface area contributed by atoms with Gasteiger partial charge in [0, 0.05) is 24.4 Å². The highest BCUT2D eigenvalue weighted by Crippen LogP contribution is 2.35. The Hall–Kier alpha value is -3.56. The van der Waals surface area contributed by atoms with E-state index in [4.69, 9.17) is 10.2 Å². The first-order valence-corrected chi connectivity index (χ1v) is 12.4. The SMILES string of the molecule is FC(F)(F)c1ccccc1CCNCCSC(c1ccccc1)c1ccccc1.O=C(O)C=CC(=O)O. The summed E-state index contributed by atoms with van der Waals surface area (Å²) >= 11 is 1.84. The Morgan fingerprint density at radius 3 is 1.76 bits per heavy atom. The first-order valence-electron chi connectivity index (χ1n) is 11.4. The van der Waals surface area contributed by atoms with Crippen LogP contribution in [-0.4, -0.2) is 41.0 Å². The summed E-state index contributed by atoms with van der Waals surface area (Å²) in [5.74, 6) is -1.64. The molecule has 0 unspecified atom stereocenters. The van der Waals surface area contributed by atoms with Gasteiger partial charge in [-0.2, -0.15) is 13.2 Å². The van der Waals surface area contributed by atoms with Gasteiger partial charge in [-0.25, -0.2) is 9.59 Å². The minimum atomic E-state index is -4.30. The van der Waals surface area contributed by atoms with Gasteiger partial charge >= 0.3 is 18.1 Å². The van der Waals surface area contributed by atoms with Crippen molar-refractivity contribution in [3.05, 3.63) is 119 Å². The lowest BCUT2D eigenvalue weighted by atomic mass is 10.0. The maximum Gasteiger partial charge on any atom is 0.416 e. The molecule has 3 rings (SSSR count). The van der Waals surface area contributed by atoms with Gasteiger partial charge in [-0.15, -0.1) is 11.8 Å². The standard InChI is InChI=1S/C24H24F3NS.C4H4O4/c25-24(26,27)22-14-8-7-9-19(22)15-16-28-17-18-29-23(20-10-3-1-4-11-20)21-12-5-2-6-13-21;5-3(6)1-2-4(7)8/h1-14,23,28H,15-18H2;1-2H,(H,5,6)(H,7,8). The molecule has 0 spiro atoms. The number of alkyl halides is 3. The second kappa shape index (κ2) is 15.5. The van der Waals surface area contributed by atoms with Crippen molar-refractivity contribution in [3.63, 3.8) is 0 Å². The molecule has 0 saturated carbocycles. The number of thioether (sulfide) groups is 1. The fourth-order valence-electron chi connectivity index (χ4n) is 3.39. The van der Waals surface area contributed by atoms with Crippen LogP contribution < -0.4 is 5.32 Å². The molecule has 0 aliphatic rings. The van der Waals surface area contributed by atoms with Crippen LogP contribution in [-0.2, 0) is 22.2 Å². The largest absolute Gasteiger partial charge is 0.478 e. The monoisotopic (exact) mass is 531 g/mol. The molecule has 37 heavy (non-hydrogen) atoms. The summed E-state index contributed by atoms with van der Waals surface area (Å²) in [6, 6.07) is 26.5. The van der Waals surface area contributed by atoms with Gasteiger partial charge in [0.2, 0.25) is 0 Å². The van der Waals surface area contributed by atoms with E-state index >= 15 is 0 Å². The molecule has 0 atom stereocenters. The van der Waals surface area contributed by atoms with E-state index in [1.807, 2.05) is 48.2 Å². The Morgan fingerprint density at radius 2 is 1.27 bits per heavy atom. The zero-order chi connectivity index (χ0) is 27.1. The van der Waals surface area contributed by atoms with E-state index in [0.29, 0.717) is 30.7 Å². The van der Waals surface area contributed by atoms with Crippen molar-refractivity contribution in [3.8, 4) is 0 Å². The Balaban J connectivity index is 0.000000521. The average Bonchev–Trinajstić information content (AvgIpc) is 2.88. The summed E-state index contributed by atoms with van der Waals surface area (Å²) in [5.41, 5.74) is 2.31. The summed E-state index contributed by atoms with van der Waals surface area (Å²) in [5, 5.41) is 19.1. The number of carboxylic acid groups (broad SMARTS) is 2. The van der Waals surface area contributed by atoms with Gasteiger partial charge in [-0.05, 0) is 35.7 Å². The third kappa shape index (κ3) is 11.4. The van der Waals surface area contributed by atoms with E-state index in [9.17, 15) is 22.8 Å². The molecule has 0 saturated heterocycles. The fraction of sp³-hybridized carbons (Fsp3) is 0.214. The lowest BCUT2D eigenvalue weighted by Crippen LogP contribution is -2.21. The summed E-state index contributed by atoms with van der Waals surface area (Å²) in [4.78, 5) is 19.1. The van der Waals surface area contributed by atoms with E-state index in [1.165, 1.54) is 17.2 Å². The molecular formula is C28H28F3NO4S. The van der Waals surface area contributed by atoms with Crippen LogP contribution in [0.4, 0.5) is 13.2 Å². The maximum absolute atomic E-state index is 13.1. The summed E-state index contributed by atoms with van der Waals surface area (Å²) in [6.07, 6.45) is -2.82. The van der Waals surface area contributed by atoms with Crippen molar-refractivity contribution >= 4 is 23.7 Å². The third-order valence-corrected chi connectivity index (χ3v) is 6.35. The molecule has 5 nitrogen and oxygen atoms in total. The minimum absolute atomic E-state index is 0.241. The van der Waals surface area contributed by atoms with Crippen molar-refractivity contribution < 1.29 is 33.0 Å². The number of carbonyl (C=O) groups is 2. The van der Waals surface area contributed by atoms with Gasteiger partial charge in [-0.1, -0.05) is 78.9 Å². The van der Waals surface area contributed by atoms with Gasteiger partial charge in [0.1, 0.15) is 0 Å². The lowest BCUT2D eigenvalue weighted by molar-refractivity contribution is -0.138. The van der Waals surface area contributed by atoms with E-state index in [0.717, 1.165) is 18.4 Å². The van der Waals surface area contributed by atoms with Crippen LogP contribution >= 0.6 is 11.8 Å². The number of aliphatic carboxylic acids is 2. The van der Waals surface area contributed by atoms with Crippen LogP contribution in [0.1, 0.15) is 27.5 Å². The van der Waals surface area contributed by atoms with Gasteiger partial charge in [0.15, 0.2) is 0 Å². The Kier molecular flexibility index (Phi) is 12.5. The molecule has 9 heteroatoms. The number of halogens is 3. The highest BCUT2D eigenvalue weighted by atomic mass is 32.2. The van der Waals surface area contributed by atoms with Gasteiger partial charge < -0.3 is 15.5 Å². The maximum atomic E-state index is 13.1. The topological polar surface area (TPSA) is 86.6 Å². The molecule has 0 heterocycles. The van der Waals surface area contributed by atoms with Crippen LogP contribution in [0.5, 0.6) is 0 Å². The molecule has 0 bridgehead atoms. The molecule has 0 radical (unpaired) electrons. The molecule has 196 valence electrons. The number of hydrogen-bond donors (Lipinski definition) is 3. The summed E-state index contributed by atoms with van der Waals surface area (Å²) < 4.78 is 39.2. The van der Waals surface area contributed by atoms with E-state index in [2.05, 4.69) is 29.6 Å². The predicted molar refractivity (Wildman–Crippen MR) is 140 cm³/mol. The Labute approximate surface area is 218 Å². The molecule has 3 aromatic carbocycles. The van der Waals surface area contributed by atoms with Gasteiger partial charge in [0.05, 0.1) is 10.8 Å². The molecule has 3 aromatic rings. The van der Waals surface area contributed by atoms with Crippen LogP contribution in [0.25, 0.3) is 0 Å². The normalized spacial score (nSPS) is 11.2. The van der Waals surface area contributed by atoms with Crippen molar-refractivity contribution in [1.29, 1.82) is 0 Å². The third-order valence-electron chi connectivity index (χ3n) is 5.03. The van der Waals surface area contributed by atoms with E-state index < -0.39 is 23.7 Å². The molecule has 0 aliphatic carbocycles. The Bertz CT molecular complexity index is 1080. The molecule has 0 fully saturated rings. The molecule has 3 N–H and O–H groups in total. The van der Waals surface area contributed by atoms with Crippen molar-refractivity contribution in [2.24, 2.45) is 0 Å². The zero-order valence-electron chi connectivity index (χ0n) is 19.9. The predicted octanol–water partition coefficient (Wildman–Crippen LogP) is 6.07. The van der Waals surface area contributed by atoms with Crippen LogP contribution in [0, 0.1) is 0 Å². The summed E-state index contributed by atoms with van der Waals surface area (Å²) in [7, 11) is 0. The van der Waals surface area contributed by atoms with E-state index in [1.54, 1.807) is 12.1 Å². The number of hydrogen-bond acceptors (Lipinski definition) is 4. The number of nitrogens with one attached hydrogen (secondary N) is 1. The lowest BCUT2D eigenvalue weighted by Gasteiger charge is -2.18. The second-order valence-corrected chi connectivity index (χ2v) is 8.95. The summed E-state index contributed by atoms with van der Waals surface area (Å²) in [6.45, 7) is 1.27. The first kappa shape index (κ1) is 29.7. The average molecular weight is 532 g/mol. The van der Waals surface area contributed by atoms with Crippen molar-refractivity contribution in [2.75, 3.05) is 18.8 Å². The van der Waals surface area contributed by atoms with Crippen LogP contribution in [0.3, 0.4) is 0 Å². The van der Waals surface area contributed by atoms with Gasteiger partial charge in [0.25, 0.3) is 0 Å². The molecule has 0 aliphatic heterocycles. The first-order chi connectivity index (χ1) is 17.7. The smallest absolute Gasteiger partial charge is 0.416 e. The molecule has 0 aromatic heterocycles. The highest BCUT2D eigenvalue weighted by molar-refractivity contribution is 7.99. The second-order valence-electron chi connectivity index (χ2n) is 7.74. The van der Waals surface area contributed by atoms with Crippen LogP contribution in [0.15, 0.2) is 97.1 Å². The minimum Gasteiger partial charge on any atom is -0.478 e. The van der Waals surface area contributed by atoms with Crippen molar-refractivity contribution in [2.45, 2.75) is 17.8 Å². The quantitative estimate of drug-likeness (QED) is 0.206. The van der Waals surface area contributed by atoms with Gasteiger partial charge in [-0.3, -0.25) is 0 Å². The highest BCUT2D eigenvalue weighted by Gasteiger charge is 2.32. The van der Waals surface area contributed by atoms with E-state index in [-0.39, 0.29) is 5.25 Å². The Morgan fingerprint density at radius 1 is 0.784 bits per heavy atom. The number of carboxylic acids is 2.